The summed E-state index contributed by atoms with van der Waals surface area (Å²) in [6.45, 7) is 1.41. The van der Waals surface area contributed by atoms with Crippen LogP contribution in [0.2, 0.25) is 0 Å². The third-order valence-electron chi connectivity index (χ3n) is 3.77. The molecular formula is C14H17N3O6. The number of carbonyl (C=O) groups excluding carboxylic acids is 2. The molecule has 1 aliphatic heterocycles. The van der Waals surface area contributed by atoms with Gasteiger partial charge in [-0.3, -0.25) is 19.8 Å². The van der Waals surface area contributed by atoms with Crippen LogP contribution in [0.4, 0.5) is 10.5 Å². The fraction of sp³-hybridized carbons (Fsp3) is 0.429. The first-order chi connectivity index (χ1) is 10.8. The Labute approximate surface area is 132 Å². The van der Waals surface area contributed by atoms with Crippen LogP contribution in [0.25, 0.3) is 0 Å². The van der Waals surface area contributed by atoms with Gasteiger partial charge in [0.05, 0.1) is 12.0 Å². The number of amides is 3. The lowest BCUT2D eigenvalue weighted by atomic mass is 9.91. The molecule has 2 rings (SSSR count). The number of imide groups is 1. The zero-order chi connectivity index (χ0) is 17.2. The van der Waals surface area contributed by atoms with E-state index in [9.17, 15) is 19.7 Å². The Morgan fingerprint density at radius 3 is 2.70 bits per heavy atom. The van der Waals surface area contributed by atoms with E-state index in [1.54, 1.807) is 0 Å². The lowest BCUT2D eigenvalue weighted by Crippen LogP contribution is -2.41. The number of nitro benzene ring substituents is 1. The van der Waals surface area contributed by atoms with Crippen LogP contribution in [0.5, 0.6) is 5.75 Å². The molecule has 1 aromatic rings. The van der Waals surface area contributed by atoms with Crippen molar-refractivity contribution in [3.05, 3.63) is 33.9 Å². The average molecular weight is 323 g/mol. The molecule has 0 spiro atoms. The summed E-state index contributed by atoms with van der Waals surface area (Å²) >= 11 is 0. The van der Waals surface area contributed by atoms with Crippen molar-refractivity contribution in [2.45, 2.75) is 18.9 Å². The second kappa shape index (κ2) is 6.21. The maximum atomic E-state index is 12.5. The minimum absolute atomic E-state index is 0.0660. The Kier molecular flexibility index (Phi) is 4.50. The van der Waals surface area contributed by atoms with Crippen LogP contribution in [0.3, 0.4) is 0 Å². The number of nitrogens with one attached hydrogen (secondary N) is 1. The number of hydrogen-bond acceptors (Lipinski definition) is 6. The molecule has 1 atom stereocenters. The Morgan fingerprint density at radius 1 is 1.43 bits per heavy atom. The first-order valence-corrected chi connectivity index (χ1v) is 6.93. The van der Waals surface area contributed by atoms with Gasteiger partial charge in [0.1, 0.15) is 5.54 Å². The number of nitrogens with zero attached hydrogens (tertiary/aromatic N) is 2. The smallest absolute Gasteiger partial charge is 0.325 e. The molecule has 0 bridgehead atoms. The molecule has 0 aliphatic carbocycles. The zero-order valence-corrected chi connectivity index (χ0v) is 12.7. The minimum atomic E-state index is -1.40. The van der Waals surface area contributed by atoms with E-state index in [2.05, 4.69) is 5.32 Å². The third kappa shape index (κ3) is 2.82. The van der Waals surface area contributed by atoms with Gasteiger partial charge in [0.2, 0.25) is 0 Å². The molecule has 1 saturated heterocycles. The van der Waals surface area contributed by atoms with E-state index in [4.69, 9.17) is 9.84 Å². The SMILES string of the molecule is COc1ccc(C2(C)NC(=O)N(CCCO)C2=O)cc1[N+](=O)[O-]. The quantitative estimate of drug-likeness (QED) is 0.452. The van der Waals surface area contributed by atoms with Crippen molar-refractivity contribution in [2.75, 3.05) is 20.3 Å². The standard InChI is InChI=1S/C14H17N3O6/c1-14(12(19)16(6-3-7-18)13(20)15-14)9-4-5-11(23-2)10(8-9)17(21)22/h4-5,8,18H,3,6-7H2,1-2H3,(H,15,20). The van der Waals surface area contributed by atoms with E-state index in [1.807, 2.05) is 0 Å². The number of rotatable bonds is 6. The summed E-state index contributed by atoms with van der Waals surface area (Å²) in [7, 11) is 1.31. The summed E-state index contributed by atoms with van der Waals surface area (Å²) in [6, 6.07) is 3.50. The van der Waals surface area contributed by atoms with Crippen molar-refractivity contribution in [3.8, 4) is 5.75 Å². The van der Waals surface area contributed by atoms with Crippen LogP contribution in [0.1, 0.15) is 18.9 Å². The average Bonchev–Trinajstić information content (AvgIpc) is 2.75. The maximum absolute atomic E-state index is 12.5. The number of hydrogen-bond donors (Lipinski definition) is 2. The summed E-state index contributed by atoms with van der Waals surface area (Å²) < 4.78 is 4.93. The molecule has 1 heterocycles. The van der Waals surface area contributed by atoms with E-state index in [0.29, 0.717) is 0 Å². The van der Waals surface area contributed by atoms with Gasteiger partial charge in [-0.15, -0.1) is 0 Å². The van der Waals surface area contributed by atoms with Crippen molar-refractivity contribution in [2.24, 2.45) is 0 Å². The lowest BCUT2D eigenvalue weighted by molar-refractivity contribution is -0.385. The van der Waals surface area contributed by atoms with Crippen molar-refractivity contribution >= 4 is 17.6 Å². The van der Waals surface area contributed by atoms with Crippen LogP contribution in [0.15, 0.2) is 18.2 Å². The number of methoxy groups -OCH3 is 1. The Morgan fingerprint density at radius 2 is 2.13 bits per heavy atom. The number of nitro groups is 1. The highest BCUT2D eigenvalue weighted by Crippen LogP contribution is 2.35. The highest BCUT2D eigenvalue weighted by atomic mass is 16.6. The molecule has 9 heteroatoms. The molecule has 2 N–H and O–H groups in total. The van der Waals surface area contributed by atoms with E-state index in [1.165, 1.54) is 32.2 Å². The number of urea groups is 1. The van der Waals surface area contributed by atoms with Gasteiger partial charge in [0.25, 0.3) is 5.91 Å². The molecule has 9 nitrogen and oxygen atoms in total. The van der Waals surface area contributed by atoms with Crippen molar-refractivity contribution < 1.29 is 24.4 Å². The second-order valence-corrected chi connectivity index (χ2v) is 5.23. The van der Waals surface area contributed by atoms with E-state index in [0.717, 1.165) is 4.90 Å². The highest BCUT2D eigenvalue weighted by molar-refractivity contribution is 6.07. The lowest BCUT2D eigenvalue weighted by Gasteiger charge is -2.22. The molecule has 124 valence electrons. The van der Waals surface area contributed by atoms with Gasteiger partial charge in [-0.25, -0.2) is 4.79 Å². The Bertz CT molecular complexity index is 662. The van der Waals surface area contributed by atoms with Gasteiger partial charge in [-0.2, -0.15) is 0 Å². The molecule has 1 aromatic carbocycles. The van der Waals surface area contributed by atoms with Gasteiger partial charge >= 0.3 is 11.7 Å². The zero-order valence-electron chi connectivity index (χ0n) is 12.7. The summed E-state index contributed by atoms with van der Waals surface area (Å²) in [5, 5.41) is 22.5. The fourth-order valence-electron chi connectivity index (χ4n) is 2.47. The van der Waals surface area contributed by atoms with E-state index >= 15 is 0 Å². The summed E-state index contributed by atoms with van der Waals surface area (Å²) in [5.41, 5.74) is -1.40. The van der Waals surface area contributed by atoms with Crippen LogP contribution in [-0.4, -0.2) is 47.1 Å². The molecule has 1 fully saturated rings. The predicted molar refractivity (Wildman–Crippen MR) is 78.9 cm³/mol. The number of carbonyl (C=O) groups is 2. The molecular weight excluding hydrogens is 306 g/mol. The topological polar surface area (TPSA) is 122 Å². The van der Waals surface area contributed by atoms with Gasteiger partial charge in [0, 0.05) is 19.2 Å². The van der Waals surface area contributed by atoms with Crippen LogP contribution in [-0.2, 0) is 10.3 Å². The molecule has 1 aliphatic rings. The molecule has 23 heavy (non-hydrogen) atoms. The second-order valence-electron chi connectivity index (χ2n) is 5.23. The van der Waals surface area contributed by atoms with Crippen LogP contribution < -0.4 is 10.1 Å². The maximum Gasteiger partial charge on any atom is 0.325 e. The molecule has 0 radical (unpaired) electrons. The van der Waals surface area contributed by atoms with Crippen LogP contribution in [0, 0.1) is 10.1 Å². The molecule has 1 unspecified atom stereocenters. The monoisotopic (exact) mass is 323 g/mol. The van der Waals surface area contributed by atoms with E-state index < -0.39 is 22.4 Å². The van der Waals surface area contributed by atoms with E-state index in [-0.39, 0.29) is 36.6 Å². The minimum Gasteiger partial charge on any atom is -0.490 e. The number of ether oxygens (including phenoxy) is 1. The Balaban J connectivity index is 2.41. The van der Waals surface area contributed by atoms with Crippen LogP contribution >= 0.6 is 0 Å². The first kappa shape index (κ1) is 16.7. The first-order valence-electron chi connectivity index (χ1n) is 6.93. The largest absolute Gasteiger partial charge is 0.490 e. The fourth-order valence-corrected chi connectivity index (χ4v) is 2.47. The summed E-state index contributed by atoms with van der Waals surface area (Å²) in [5.74, 6) is -0.452. The summed E-state index contributed by atoms with van der Waals surface area (Å²) in [6.07, 6.45) is 0.262. The Hall–Kier alpha value is -2.68. The molecule has 0 saturated carbocycles. The predicted octanol–water partition coefficient (Wildman–Crippen LogP) is 0.753. The molecule has 3 amide bonds. The van der Waals surface area contributed by atoms with Crippen molar-refractivity contribution in [1.29, 1.82) is 0 Å². The highest BCUT2D eigenvalue weighted by Gasteiger charge is 2.49. The van der Waals surface area contributed by atoms with Gasteiger partial charge in [-0.1, -0.05) is 6.07 Å². The van der Waals surface area contributed by atoms with Gasteiger partial charge in [-0.05, 0) is 25.0 Å². The number of benzene rings is 1. The number of aliphatic hydroxyl groups is 1. The number of aliphatic hydroxyl groups excluding tert-OH is 1. The normalized spacial score (nSPS) is 20.6. The van der Waals surface area contributed by atoms with Crippen molar-refractivity contribution in [1.82, 2.24) is 10.2 Å². The summed E-state index contributed by atoms with van der Waals surface area (Å²) in [4.78, 5) is 36.0. The van der Waals surface area contributed by atoms with Crippen molar-refractivity contribution in [3.63, 3.8) is 0 Å². The third-order valence-corrected chi connectivity index (χ3v) is 3.77. The molecule has 0 aromatic heterocycles. The van der Waals surface area contributed by atoms with Gasteiger partial charge < -0.3 is 15.2 Å². The van der Waals surface area contributed by atoms with Gasteiger partial charge in [0.15, 0.2) is 5.75 Å².